The van der Waals surface area contributed by atoms with Gasteiger partial charge in [-0.25, -0.2) is 17.8 Å². The van der Waals surface area contributed by atoms with Crippen LogP contribution < -0.4 is 16.0 Å². The van der Waals surface area contributed by atoms with Gasteiger partial charge in [-0.05, 0) is 73.5 Å². The number of aromatic amines is 1. The number of aromatic nitrogens is 2. The van der Waals surface area contributed by atoms with Crippen LogP contribution in [-0.2, 0) is 16.4 Å². The average Bonchev–Trinajstić information content (AvgIpc) is 2.86. The number of H-pyrrole nitrogens is 1. The van der Waals surface area contributed by atoms with Gasteiger partial charge in [0.25, 0.3) is 15.6 Å². The first-order valence-corrected chi connectivity index (χ1v) is 13.5. The first-order chi connectivity index (χ1) is 17.6. The number of aliphatic imine (C=N–C) groups is 1. The lowest BCUT2D eigenvalue weighted by Gasteiger charge is -2.13. The van der Waals surface area contributed by atoms with Crippen LogP contribution in [0.2, 0.25) is 0 Å². The molecule has 0 radical (unpaired) electrons. The molecule has 37 heavy (non-hydrogen) atoms. The maximum atomic E-state index is 12.7. The van der Waals surface area contributed by atoms with E-state index in [4.69, 9.17) is 0 Å². The molecule has 3 N–H and O–H groups in total. The number of aryl methyl sites for hydroxylation is 2. The second-order valence-electron chi connectivity index (χ2n) is 8.18. The molecular formula is C26H23BrN4O5S. The summed E-state index contributed by atoms with van der Waals surface area (Å²) in [6.07, 6.45) is 1.71. The van der Waals surface area contributed by atoms with Crippen LogP contribution in [-0.4, -0.2) is 29.3 Å². The van der Waals surface area contributed by atoms with E-state index >= 15 is 0 Å². The van der Waals surface area contributed by atoms with E-state index in [0.717, 1.165) is 26.4 Å². The lowest BCUT2D eigenvalue weighted by atomic mass is 10.1. The van der Waals surface area contributed by atoms with Crippen molar-refractivity contribution in [1.82, 2.24) is 9.55 Å². The van der Waals surface area contributed by atoms with E-state index in [1.54, 1.807) is 36.4 Å². The van der Waals surface area contributed by atoms with Gasteiger partial charge in [0.15, 0.2) is 0 Å². The Morgan fingerprint density at radius 1 is 1.05 bits per heavy atom. The highest BCUT2D eigenvalue weighted by Gasteiger charge is 2.17. The SMILES string of the molecule is CCc1cc(Br)ccc1-n1c(O)c(C=Nc2ccc(S(=O)(=O)Nc3ccc(C)cc3)cc2)c(=O)[nH]c1=O. The van der Waals surface area contributed by atoms with Crippen molar-refractivity contribution in [2.24, 2.45) is 4.99 Å². The number of rotatable bonds is 7. The van der Waals surface area contributed by atoms with E-state index in [9.17, 15) is 23.1 Å². The van der Waals surface area contributed by atoms with E-state index in [-0.39, 0.29) is 10.5 Å². The molecule has 0 aliphatic heterocycles. The monoisotopic (exact) mass is 582 g/mol. The number of benzene rings is 3. The molecule has 0 atom stereocenters. The molecule has 9 nitrogen and oxygen atoms in total. The standard InChI is InChI=1S/C26H23BrN4O5S/c1-3-17-14-18(27)6-13-23(17)31-25(33)22(24(32)29-26(31)34)15-28-19-9-11-21(12-10-19)37(35,36)30-20-7-4-16(2)5-8-20/h4-15,30,33H,3H2,1-2H3,(H,29,32,34). The molecule has 4 rings (SSSR count). The molecule has 0 saturated carbocycles. The van der Waals surface area contributed by atoms with E-state index in [2.05, 4.69) is 30.6 Å². The van der Waals surface area contributed by atoms with Gasteiger partial charge in [0.1, 0.15) is 5.56 Å². The molecule has 0 saturated heterocycles. The third-order valence-electron chi connectivity index (χ3n) is 5.58. The van der Waals surface area contributed by atoms with Crippen molar-refractivity contribution >= 4 is 43.5 Å². The summed E-state index contributed by atoms with van der Waals surface area (Å²) < 4.78 is 29.7. The lowest BCUT2D eigenvalue weighted by molar-refractivity contribution is 0.429. The van der Waals surface area contributed by atoms with E-state index in [1.165, 1.54) is 24.3 Å². The second kappa shape index (κ2) is 10.6. The van der Waals surface area contributed by atoms with Crippen molar-refractivity contribution in [2.45, 2.75) is 25.2 Å². The summed E-state index contributed by atoms with van der Waals surface area (Å²) in [5.74, 6) is -0.559. The van der Waals surface area contributed by atoms with Crippen molar-refractivity contribution in [3.63, 3.8) is 0 Å². The number of nitrogens with zero attached hydrogens (tertiary/aromatic N) is 2. The molecule has 1 aromatic heterocycles. The fourth-order valence-electron chi connectivity index (χ4n) is 3.62. The molecule has 11 heteroatoms. The quantitative estimate of drug-likeness (QED) is 0.277. The number of aromatic hydroxyl groups is 1. The molecule has 0 aliphatic carbocycles. The van der Waals surface area contributed by atoms with E-state index in [1.807, 2.05) is 19.9 Å². The van der Waals surface area contributed by atoms with Crippen LogP contribution in [0.5, 0.6) is 5.88 Å². The molecule has 0 fully saturated rings. The van der Waals surface area contributed by atoms with Crippen LogP contribution in [0.25, 0.3) is 5.69 Å². The summed E-state index contributed by atoms with van der Waals surface area (Å²) in [5.41, 5.74) is 1.17. The van der Waals surface area contributed by atoms with E-state index < -0.39 is 27.2 Å². The molecule has 0 amide bonds. The fraction of sp³-hybridized carbons (Fsp3) is 0.115. The highest BCUT2D eigenvalue weighted by Crippen LogP contribution is 2.24. The van der Waals surface area contributed by atoms with Crippen LogP contribution in [0.3, 0.4) is 0 Å². The van der Waals surface area contributed by atoms with Gasteiger partial charge in [0.05, 0.1) is 16.3 Å². The largest absolute Gasteiger partial charge is 0.493 e. The Morgan fingerprint density at radius 3 is 2.38 bits per heavy atom. The zero-order chi connectivity index (χ0) is 26.7. The normalized spacial score (nSPS) is 11.6. The Balaban J connectivity index is 1.64. The van der Waals surface area contributed by atoms with Gasteiger partial charge in [-0.2, -0.15) is 0 Å². The zero-order valence-electron chi connectivity index (χ0n) is 19.9. The summed E-state index contributed by atoms with van der Waals surface area (Å²) >= 11 is 3.39. The summed E-state index contributed by atoms with van der Waals surface area (Å²) in [7, 11) is -3.81. The molecule has 0 spiro atoms. The third-order valence-corrected chi connectivity index (χ3v) is 7.47. The van der Waals surface area contributed by atoms with Crippen molar-refractivity contribution < 1.29 is 13.5 Å². The molecule has 0 bridgehead atoms. The van der Waals surface area contributed by atoms with Gasteiger partial charge in [-0.1, -0.05) is 40.5 Å². The topological polar surface area (TPSA) is 134 Å². The minimum absolute atomic E-state index is 0.0311. The minimum Gasteiger partial charge on any atom is -0.493 e. The third kappa shape index (κ3) is 5.73. The Bertz CT molecular complexity index is 1710. The average molecular weight is 583 g/mol. The van der Waals surface area contributed by atoms with Crippen LogP contribution in [0.4, 0.5) is 11.4 Å². The number of hydrogen-bond acceptors (Lipinski definition) is 6. The van der Waals surface area contributed by atoms with Crippen LogP contribution in [0, 0.1) is 6.92 Å². The van der Waals surface area contributed by atoms with Gasteiger partial charge in [-0.15, -0.1) is 0 Å². The predicted octanol–water partition coefficient (Wildman–Crippen LogP) is 4.42. The number of hydrogen-bond donors (Lipinski definition) is 3. The molecule has 190 valence electrons. The number of anilines is 1. The fourth-order valence-corrected chi connectivity index (χ4v) is 5.09. The summed E-state index contributed by atoms with van der Waals surface area (Å²) in [5, 5.41) is 10.8. The maximum absolute atomic E-state index is 12.7. The van der Waals surface area contributed by atoms with E-state index in [0.29, 0.717) is 23.5 Å². The minimum atomic E-state index is -3.81. The maximum Gasteiger partial charge on any atom is 0.335 e. The van der Waals surface area contributed by atoms with Gasteiger partial charge in [0.2, 0.25) is 5.88 Å². The van der Waals surface area contributed by atoms with Crippen molar-refractivity contribution in [3.8, 4) is 11.6 Å². The van der Waals surface area contributed by atoms with Crippen LogP contribution in [0.1, 0.15) is 23.6 Å². The Labute approximate surface area is 221 Å². The summed E-state index contributed by atoms with van der Waals surface area (Å²) in [6, 6.07) is 17.8. The van der Waals surface area contributed by atoms with Gasteiger partial charge >= 0.3 is 5.69 Å². The first-order valence-electron chi connectivity index (χ1n) is 11.2. The Kier molecular flexibility index (Phi) is 7.46. The van der Waals surface area contributed by atoms with Crippen LogP contribution >= 0.6 is 15.9 Å². The summed E-state index contributed by atoms with van der Waals surface area (Å²) in [4.78, 5) is 31.4. The lowest BCUT2D eigenvalue weighted by Crippen LogP contribution is -2.31. The smallest absolute Gasteiger partial charge is 0.335 e. The van der Waals surface area contributed by atoms with Crippen LogP contribution in [0.15, 0.2) is 90.7 Å². The molecule has 0 unspecified atom stereocenters. The molecular weight excluding hydrogens is 560 g/mol. The van der Waals surface area contributed by atoms with Crippen molar-refractivity contribution in [2.75, 3.05) is 4.72 Å². The number of halogens is 1. The van der Waals surface area contributed by atoms with Gasteiger partial charge < -0.3 is 5.11 Å². The molecule has 3 aromatic carbocycles. The van der Waals surface area contributed by atoms with Crippen molar-refractivity contribution in [3.05, 3.63) is 109 Å². The van der Waals surface area contributed by atoms with Gasteiger partial charge in [0, 0.05) is 16.4 Å². The molecule has 0 aliphatic rings. The Hall–Kier alpha value is -3.96. The number of sulfonamides is 1. The first kappa shape index (κ1) is 26.1. The molecule has 4 aromatic rings. The van der Waals surface area contributed by atoms with Crippen molar-refractivity contribution in [1.29, 1.82) is 0 Å². The summed E-state index contributed by atoms with van der Waals surface area (Å²) in [6.45, 7) is 3.81. The highest BCUT2D eigenvalue weighted by atomic mass is 79.9. The molecule has 1 heterocycles. The zero-order valence-corrected chi connectivity index (χ0v) is 22.3. The predicted molar refractivity (Wildman–Crippen MR) is 147 cm³/mol. The Morgan fingerprint density at radius 2 is 1.73 bits per heavy atom. The van der Waals surface area contributed by atoms with Gasteiger partial charge in [-0.3, -0.25) is 19.5 Å². The highest BCUT2D eigenvalue weighted by molar-refractivity contribution is 9.10. The number of nitrogens with one attached hydrogen (secondary N) is 2. The second-order valence-corrected chi connectivity index (χ2v) is 10.8.